The van der Waals surface area contributed by atoms with Crippen molar-refractivity contribution in [2.75, 3.05) is 0 Å². The number of carbonyl (C=O) groups is 1. The zero-order valence-corrected chi connectivity index (χ0v) is 10.8. The number of carbonyl (C=O) groups excluding carboxylic acids is 1. The van der Waals surface area contributed by atoms with E-state index in [-0.39, 0.29) is 5.78 Å². The summed E-state index contributed by atoms with van der Waals surface area (Å²) < 4.78 is 0. The first-order valence-electron chi connectivity index (χ1n) is 6.43. The molecule has 1 aromatic rings. The van der Waals surface area contributed by atoms with E-state index in [0.29, 0.717) is 0 Å². The number of aryl methyl sites for hydroxylation is 2. The highest BCUT2D eigenvalue weighted by Gasteiger charge is 2.35. The van der Waals surface area contributed by atoms with Crippen LogP contribution in [0.25, 0.3) is 0 Å². The van der Waals surface area contributed by atoms with E-state index in [9.17, 15) is 4.79 Å². The Kier molecular flexibility index (Phi) is 3.34. The van der Waals surface area contributed by atoms with E-state index < -0.39 is 5.54 Å². The van der Waals surface area contributed by atoms with Crippen LogP contribution in [-0.2, 0) is 0 Å². The average Bonchev–Trinajstić information content (AvgIpc) is 2.27. The van der Waals surface area contributed by atoms with Gasteiger partial charge in [0.15, 0.2) is 5.78 Å². The number of rotatable bonds is 2. The van der Waals surface area contributed by atoms with Crippen LogP contribution in [0.15, 0.2) is 18.2 Å². The topological polar surface area (TPSA) is 43.1 Å². The molecule has 1 aliphatic rings. The minimum atomic E-state index is -0.613. The molecule has 92 valence electrons. The maximum absolute atomic E-state index is 12.5. The first-order chi connectivity index (χ1) is 8.01. The molecule has 1 saturated carbocycles. The Morgan fingerprint density at radius 3 is 2.12 bits per heavy atom. The molecular weight excluding hydrogens is 210 g/mol. The standard InChI is InChI=1S/C15H21NO/c1-11-8-12(2)10-13(9-11)14(17)15(16)6-4-3-5-7-15/h8-10H,3-7,16H2,1-2H3. The molecule has 1 aromatic carbocycles. The summed E-state index contributed by atoms with van der Waals surface area (Å²) in [5, 5.41) is 0. The molecule has 0 bridgehead atoms. The summed E-state index contributed by atoms with van der Waals surface area (Å²) in [5.74, 6) is 0.129. The molecule has 0 saturated heterocycles. The lowest BCUT2D eigenvalue weighted by molar-refractivity contribution is 0.0848. The lowest BCUT2D eigenvalue weighted by atomic mass is 9.77. The second-order valence-corrected chi connectivity index (χ2v) is 5.42. The van der Waals surface area contributed by atoms with Crippen LogP contribution in [0.1, 0.15) is 53.6 Å². The molecule has 0 heterocycles. The number of hydrogen-bond donors (Lipinski definition) is 1. The molecule has 0 amide bonds. The van der Waals surface area contributed by atoms with Crippen LogP contribution in [0.4, 0.5) is 0 Å². The second kappa shape index (κ2) is 4.61. The molecule has 0 aliphatic heterocycles. The van der Waals surface area contributed by atoms with Crippen molar-refractivity contribution in [1.29, 1.82) is 0 Å². The summed E-state index contributed by atoms with van der Waals surface area (Å²) in [5.41, 5.74) is 8.72. The van der Waals surface area contributed by atoms with E-state index >= 15 is 0 Å². The van der Waals surface area contributed by atoms with Gasteiger partial charge in [0.2, 0.25) is 0 Å². The summed E-state index contributed by atoms with van der Waals surface area (Å²) >= 11 is 0. The normalized spacial score (nSPS) is 19.0. The molecule has 0 atom stereocenters. The van der Waals surface area contributed by atoms with Gasteiger partial charge >= 0.3 is 0 Å². The molecule has 2 heteroatoms. The van der Waals surface area contributed by atoms with Crippen LogP contribution in [-0.4, -0.2) is 11.3 Å². The van der Waals surface area contributed by atoms with Crippen molar-refractivity contribution in [2.45, 2.75) is 51.5 Å². The predicted octanol–water partition coefficient (Wildman–Crippen LogP) is 3.15. The van der Waals surface area contributed by atoms with Crippen molar-refractivity contribution in [3.63, 3.8) is 0 Å². The Balaban J connectivity index is 2.29. The SMILES string of the molecule is Cc1cc(C)cc(C(=O)C2(N)CCCCC2)c1. The molecule has 0 radical (unpaired) electrons. The number of ketones is 1. The first kappa shape index (κ1) is 12.3. The quantitative estimate of drug-likeness (QED) is 0.794. The van der Waals surface area contributed by atoms with E-state index in [1.807, 2.05) is 26.0 Å². The van der Waals surface area contributed by atoms with Gasteiger partial charge < -0.3 is 5.73 Å². The highest BCUT2D eigenvalue weighted by atomic mass is 16.1. The lowest BCUT2D eigenvalue weighted by Crippen LogP contribution is -2.49. The Morgan fingerprint density at radius 2 is 1.59 bits per heavy atom. The Labute approximate surface area is 103 Å². The maximum atomic E-state index is 12.5. The van der Waals surface area contributed by atoms with Crippen molar-refractivity contribution in [1.82, 2.24) is 0 Å². The van der Waals surface area contributed by atoms with Crippen LogP contribution in [0, 0.1) is 13.8 Å². The van der Waals surface area contributed by atoms with Gasteiger partial charge in [0, 0.05) is 5.56 Å². The van der Waals surface area contributed by atoms with Gasteiger partial charge in [0.05, 0.1) is 5.54 Å². The van der Waals surface area contributed by atoms with Crippen LogP contribution >= 0.6 is 0 Å². The van der Waals surface area contributed by atoms with Crippen molar-refractivity contribution >= 4 is 5.78 Å². The third kappa shape index (κ3) is 2.58. The van der Waals surface area contributed by atoms with E-state index in [1.165, 1.54) is 6.42 Å². The summed E-state index contributed by atoms with van der Waals surface area (Å²) in [6.07, 6.45) is 5.02. The molecule has 2 rings (SSSR count). The van der Waals surface area contributed by atoms with Crippen LogP contribution < -0.4 is 5.73 Å². The van der Waals surface area contributed by atoms with Crippen molar-refractivity contribution in [2.24, 2.45) is 5.73 Å². The maximum Gasteiger partial charge on any atom is 0.182 e. The van der Waals surface area contributed by atoms with Gasteiger partial charge in [-0.2, -0.15) is 0 Å². The summed E-state index contributed by atoms with van der Waals surface area (Å²) in [7, 11) is 0. The van der Waals surface area contributed by atoms with Gasteiger partial charge in [-0.25, -0.2) is 0 Å². The molecule has 0 aromatic heterocycles. The van der Waals surface area contributed by atoms with E-state index in [0.717, 1.165) is 42.4 Å². The number of hydrogen-bond acceptors (Lipinski definition) is 2. The first-order valence-corrected chi connectivity index (χ1v) is 6.43. The van der Waals surface area contributed by atoms with Crippen molar-refractivity contribution < 1.29 is 4.79 Å². The fourth-order valence-electron chi connectivity index (χ4n) is 2.80. The molecule has 1 aliphatic carbocycles. The summed E-state index contributed by atoms with van der Waals surface area (Å²) in [4.78, 5) is 12.5. The highest BCUT2D eigenvalue weighted by Crippen LogP contribution is 2.29. The smallest absolute Gasteiger partial charge is 0.182 e. The zero-order valence-electron chi connectivity index (χ0n) is 10.8. The van der Waals surface area contributed by atoms with Gasteiger partial charge in [-0.05, 0) is 38.8 Å². The van der Waals surface area contributed by atoms with Crippen LogP contribution in [0.5, 0.6) is 0 Å². The Hall–Kier alpha value is -1.15. The summed E-state index contributed by atoms with van der Waals surface area (Å²) in [6.45, 7) is 4.04. The zero-order chi connectivity index (χ0) is 12.5. The molecule has 17 heavy (non-hydrogen) atoms. The highest BCUT2D eigenvalue weighted by molar-refractivity contribution is 6.03. The summed E-state index contributed by atoms with van der Waals surface area (Å²) in [6, 6.07) is 6.00. The minimum absolute atomic E-state index is 0.129. The molecule has 2 N–H and O–H groups in total. The molecule has 1 fully saturated rings. The fraction of sp³-hybridized carbons (Fsp3) is 0.533. The largest absolute Gasteiger partial charge is 0.319 e. The molecule has 0 spiro atoms. The van der Waals surface area contributed by atoms with E-state index in [4.69, 9.17) is 5.73 Å². The average molecular weight is 231 g/mol. The Morgan fingerprint density at radius 1 is 1.06 bits per heavy atom. The number of nitrogens with two attached hydrogens (primary N) is 1. The molecular formula is C15H21NO. The predicted molar refractivity (Wildman–Crippen MR) is 70.2 cm³/mol. The van der Waals surface area contributed by atoms with Crippen LogP contribution in [0.2, 0.25) is 0 Å². The van der Waals surface area contributed by atoms with Crippen molar-refractivity contribution in [3.8, 4) is 0 Å². The van der Waals surface area contributed by atoms with Gasteiger partial charge in [0.25, 0.3) is 0 Å². The molecule has 0 unspecified atom stereocenters. The van der Waals surface area contributed by atoms with Gasteiger partial charge in [0.1, 0.15) is 0 Å². The fourth-order valence-corrected chi connectivity index (χ4v) is 2.80. The monoisotopic (exact) mass is 231 g/mol. The van der Waals surface area contributed by atoms with E-state index in [2.05, 4.69) is 6.07 Å². The van der Waals surface area contributed by atoms with Gasteiger partial charge in [-0.3, -0.25) is 4.79 Å². The third-order valence-corrected chi connectivity index (χ3v) is 3.68. The Bertz CT molecular complexity index is 410. The number of benzene rings is 1. The van der Waals surface area contributed by atoms with Gasteiger partial charge in [-0.1, -0.05) is 36.5 Å². The van der Waals surface area contributed by atoms with Crippen LogP contribution in [0.3, 0.4) is 0 Å². The second-order valence-electron chi connectivity index (χ2n) is 5.42. The minimum Gasteiger partial charge on any atom is -0.319 e. The lowest BCUT2D eigenvalue weighted by Gasteiger charge is -2.32. The number of Topliss-reactive ketones (excluding diaryl/α,β-unsaturated/α-hetero) is 1. The van der Waals surface area contributed by atoms with E-state index in [1.54, 1.807) is 0 Å². The van der Waals surface area contributed by atoms with Gasteiger partial charge in [-0.15, -0.1) is 0 Å². The van der Waals surface area contributed by atoms with Crippen molar-refractivity contribution in [3.05, 3.63) is 34.9 Å². The molecule has 2 nitrogen and oxygen atoms in total. The third-order valence-electron chi connectivity index (χ3n) is 3.68.